The van der Waals surface area contributed by atoms with Crippen LogP contribution < -0.4 is 0 Å². The molecule has 1 unspecified atom stereocenters. The summed E-state index contributed by atoms with van der Waals surface area (Å²) in [5, 5.41) is 8.82. The van der Waals surface area contributed by atoms with Crippen LogP contribution in [-0.2, 0) is 19.1 Å². The molecule has 18 heavy (non-hydrogen) atoms. The third-order valence-electron chi connectivity index (χ3n) is 2.61. The van der Waals surface area contributed by atoms with Crippen LogP contribution in [0.3, 0.4) is 0 Å². The number of carboxylic acid groups (broad SMARTS) is 1. The normalized spacial score (nSPS) is 19.6. The lowest BCUT2D eigenvalue weighted by molar-refractivity contribution is -0.159. The molecule has 6 heteroatoms. The van der Waals surface area contributed by atoms with Crippen molar-refractivity contribution >= 4 is 11.9 Å². The van der Waals surface area contributed by atoms with Crippen molar-refractivity contribution in [3.8, 4) is 0 Å². The molecule has 0 radical (unpaired) electrons. The Balaban J connectivity index is 2.24. The van der Waals surface area contributed by atoms with Gasteiger partial charge in [-0.15, -0.1) is 6.58 Å². The fourth-order valence-corrected chi connectivity index (χ4v) is 1.68. The predicted octanol–water partition coefficient (Wildman–Crippen LogP) is 0.281. The second kappa shape index (κ2) is 7.84. The van der Waals surface area contributed by atoms with Gasteiger partial charge in [0, 0.05) is 19.6 Å². The number of hydrogen-bond acceptors (Lipinski definition) is 4. The molecule has 0 aromatic heterocycles. The number of aliphatic carboxylic acids is 1. The summed E-state index contributed by atoms with van der Waals surface area (Å²) in [4.78, 5) is 24.1. The molecule has 0 spiro atoms. The second-order valence-electron chi connectivity index (χ2n) is 4.00. The van der Waals surface area contributed by atoms with Gasteiger partial charge in [0.1, 0.15) is 0 Å². The van der Waals surface area contributed by atoms with Crippen molar-refractivity contribution in [2.75, 3.05) is 32.9 Å². The van der Waals surface area contributed by atoms with E-state index < -0.39 is 12.1 Å². The molecule has 1 atom stereocenters. The van der Waals surface area contributed by atoms with Gasteiger partial charge in [0.05, 0.1) is 19.8 Å². The Bertz CT molecular complexity index is 305. The van der Waals surface area contributed by atoms with Crippen molar-refractivity contribution in [1.29, 1.82) is 0 Å². The van der Waals surface area contributed by atoms with E-state index in [0.717, 1.165) is 0 Å². The molecule has 6 nitrogen and oxygen atoms in total. The topological polar surface area (TPSA) is 76.1 Å². The van der Waals surface area contributed by atoms with E-state index in [1.807, 2.05) is 0 Å². The third-order valence-corrected chi connectivity index (χ3v) is 2.61. The maximum absolute atomic E-state index is 11.8. The molecule has 0 aromatic carbocycles. The van der Waals surface area contributed by atoms with Gasteiger partial charge >= 0.3 is 5.97 Å². The van der Waals surface area contributed by atoms with Crippen LogP contribution in [0, 0.1) is 0 Å². The van der Waals surface area contributed by atoms with Gasteiger partial charge in [-0.2, -0.15) is 0 Å². The Morgan fingerprint density at radius 1 is 1.56 bits per heavy atom. The van der Waals surface area contributed by atoms with Crippen molar-refractivity contribution in [2.24, 2.45) is 0 Å². The Kier molecular flexibility index (Phi) is 6.38. The van der Waals surface area contributed by atoms with Gasteiger partial charge in [-0.05, 0) is 6.42 Å². The van der Waals surface area contributed by atoms with Crippen LogP contribution in [0.5, 0.6) is 0 Å². The van der Waals surface area contributed by atoms with E-state index >= 15 is 0 Å². The molecule has 1 rings (SSSR count). The van der Waals surface area contributed by atoms with Crippen molar-refractivity contribution in [3.05, 3.63) is 12.7 Å². The van der Waals surface area contributed by atoms with Crippen molar-refractivity contribution in [3.63, 3.8) is 0 Å². The fraction of sp³-hybridized carbons (Fsp3) is 0.667. The molecule has 1 N–H and O–H groups in total. The van der Waals surface area contributed by atoms with Crippen LogP contribution >= 0.6 is 0 Å². The van der Waals surface area contributed by atoms with Crippen LogP contribution in [0.2, 0.25) is 0 Å². The number of carboxylic acids is 1. The number of carbonyl (C=O) groups excluding carboxylic acids is 1. The minimum absolute atomic E-state index is 0.0493. The number of rotatable bonds is 7. The Labute approximate surface area is 106 Å². The van der Waals surface area contributed by atoms with E-state index in [9.17, 15) is 9.59 Å². The molecule has 1 aliphatic rings. The minimum Gasteiger partial charge on any atom is -0.479 e. The van der Waals surface area contributed by atoms with Gasteiger partial charge in [-0.1, -0.05) is 6.08 Å². The number of hydrogen-bond donors (Lipinski definition) is 1. The van der Waals surface area contributed by atoms with E-state index in [4.69, 9.17) is 14.6 Å². The predicted molar refractivity (Wildman–Crippen MR) is 64.2 cm³/mol. The summed E-state index contributed by atoms with van der Waals surface area (Å²) in [5.74, 6) is -1.08. The average Bonchev–Trinajstić information content (AvgIpc) is 2.38. The molecule has 1 amide bonds. The Morgan fingerprint density at radius 2 is 2.33 bits per heavy atom. The lowest BCUT2D eigenvalue weighted by Crippen LogP contribution is -2.48. The first kappa shape index (κ1) is 14.7. The summed E-state index contributed by atoms with van der Waals surface area (Å²) in [7, 11) is 0. The molecule has 1 heterocycles. The summed E-state index contributed by atoms with van der Waals surface area (Å²) in [5.41, 5.74) is 0. The number of nitrogens with zero attached hydrogens (tertiary/aromatic N) is 1. The number of carbonyl (C=O) groups is 2. The molecular formula is C12H19NO5. The van der Waals surface area contributed by atoms with E-state index in [-0.39, 0.29) is 19.1 Å². The van der Waals surface area contributed by atoms with E-state index in [0.29, 0.717) is 32.6 Å². The first-order chi connectivity index (χ1) is 8.65. The molecule has 1 fully saturated rings. The highest BCUT2D eigenvalue weighted by Crippen LogP contribution is 2.08. The first-order valence-corrected chi connectivity index (χ1v) is 5.96. The highest BCUT2D eigenvalue weighted by atomic mass is 16.5. The van der Waals surface area contributed by atoms with Crippen LogP contribution in [0.25, 0.3) is 0 Å². The maximum atomic E-state index is 11.8. The molecule has 0 aliphatic carbocycles. The zero-order chi connectivity index (χ0) is 13.4. The molecular weight excluding hydrogens is 238 g/mol. The summed E-state index contributed by atoms with van der Waals surface area (Å²) in [6, 6.07) is 0. The molecule has 0 saturated carbocycles. The fourth-order valence-electron chi connectivity index (χ4n) is 1.68. The third kappa shape index (κ3) is 4.85. The monoisotopic (exact) mass is 257 g/mol. The van der Waals surface area contributed by atoms with Crippen LogP contribution in [0.1, 0.15) is 12.8 Å². The van der Waals surface area contributed by atoms with E-state index in [2.05, 4.69) is 6.58 Å². The number of ether oxygens (including phenoxy) is 2. The van der Waals surface area contributed by atoms with Gasteiger partial charge in [-0.3, -0.25) is 4.79 Å². The Hall–Kier alpha value is -1.40. The van der Waals surface area contributed by atoms with Gasteiger partial charge in [0.15, 0.2) is 6.10 Å². The quantitative estimate of drug-likeness (QED) is 0.523. The van der Waals surface area contributed by atoms with Gasteiger partial charge in [-0.25, -0.2) is 4.79 Å². The van der Waals surface area contributed by atoms with E-state index in [1.54, 1.807) is 6.08 Å². The van der Waals surface area contributed by atoms with Crippen LogP contribution in [0.4, 0.5) is 0 Å². The SMILES string of the molecule is C=CCOCCCC(=O)N1CCOC(C(=O)O)C1. The second-order valence-corrected chi connectivity index (χ2v) is 4.00. The summed E-state index contributed by atoms with van der Waals surface area (Å²) >= 11 is 0. The molecule has 0 aromatic rings. The summed E-state index contributed by atoms with van der Waals surface area (Å²) < 4.78 is 10.2. The molecule has 0 bridgehead atoms. The number of amides is 1. The van der Waals surface area contributed by atoms with Gasteiger partial charge in [0.25, 0.3) is 0 Å². The molecule has 102 valence electrons. The van der Waals surface area contributed by atoms with Gasteiger partial charge in [0.2, 0.25) is 5.91 Å². The zero-order valence-corrected chi connectivity index (χ0v) is 10.3. The average molecular weight is 257 g/mol. The smallest absolute Gasteiger partial charge is 0.334 e. The maximum Gasteiger partial charge on any atom is 0.334 e. The van der Waals surface area contributed by atoms with Crippen molar-refractivity contribution in [1.82, 2.24) is 4.90 Å². The lowest BCUT2D eigenvalue weighted by Gasteiger charge is -2.30. The largest absolute Gasteiger partial charge is 0.479 e. The molecule has 1 saturated heterocycles. The van der Waals surface area contributed by atoms with Crippen LogP contribution in [0.15, 0.2) is 12.7 Å². The van der Waals surface area contributed by atoms with Crippen molar-refractivity contribution < 1.29 is 24.2 Å². The van der Waals surface area contributed by atoms with Crippen molar-refractivity contribution in [2.45, 2.75) is 18.9 Å². The first-order valence-electron chi connectivity index (χ1n) is 5.96. The zero-order valence-electron chi connectivity index (χ0n) is 10.3. The highest BCUT2D eigenvalue weighted by molar-refractivity contribution is 5.78. The Morgan fingerprint density at radius 3 is 3.00 bits per heavy atom. The standard InChI is InChI=1S/C12H19NO5/c1-2-6-17-7-3-4-11(14)13-5-8-18-10(9-13)12(15)16/h2,10H,1,3-9H2,(H,15,16). The van der Waals surface area contributed by atoms with Crippen LogP contribution in [-0.4, -0.2) is 60.9 Å². The number of morpholine rings is 1. The summed E-state index contributed by atoms with van der Waals surface area (Å²) in [6.07, 6.45) is 1.74. The minimum atomic E-state index is -1.03. The van der Waals surface area contributed by atoms with Gasteiger partial charge < -0.3 is 19.5 Å². The highest BCUT2D eigenvalue weighted by Gasteiger charge is 2.28. The molecule has 1 aliphatic heterocycles. The van der Waals surface area contributed by atoms with E-state index in [1.165, 1.54) is 4.90 Å². The summed E-state index contributed by atoms with van der Waals surface area (Å²) in [6.45, 7) is 5.36. The lowest BCUT2D eigenvalue weighted by atomic mass is 10.2.